The molecule has 2 fully saturated rings. The molecule has 2 unspecified atom stereocenters. The molecule has 114 valence electrons. The first-order valence-corrected chi connectivity index (χ1v) is 7.94. The van der Waals surface area contributed by atoms with Crippen molar-refractivity contribution in [3.8, 4) is 0 Å². The Labute approximate surface area is 125 Å². The summed E-state index contributed by atoms with van der Waals surface area (Å²) in [7, 11) is 0. The van der Waals surface area contributed by atoms with Crippen LogP contribution in [0.5, 0.6) is 0 Å². The van der Waals surface area contributed by atoms with Crippen LogP contribution < -0.4 is 10.6 Å². The summed E-state index contributed by atoms with van der Waals surface area (Å²) in [5.74, 6) is 0.715. The van der Waals surface area contributed by atoms with E-state index in [0.29, 0.717) is 5.69 Å². The number of hydrogen-bond donors (Lipinski definition) is 2. The van der Waals surface area contributed by atoms with Gasteiger partial charge in [0.15, 0.2) is 0 Å². The number of piperidine rings is 1. The highest BCUT2D eigenvalue weighted by molar-refractivity contribution is 5.95. The highest BCUT2D eigenvalue weighted by atomic mass is 16.4. The Morgan fingerprint density at radius 2 is 1.95 bits per heavy atom. The fraction of sp³-hybridized carbons (Fsp3) is 0.588. The third-order valence-electron chi connectivity index (χ3n) is 5.26. The van der Waals surface area contributed by atoms with Crippen molar-refractivity contribution < 1.29 is 9.90 Å². The smallest absolute Gasteiger partial charge is 0.337 e. The first-order chi connectivity index (χ1) is 10.1. The molecule has 2 aliphatic rings. The summed E-state index contributed by atoms with van der Waals surface area (Å²) < 4.78 is 0. The second kappa shape index (κ2) is 5.58. The second-order valence-electron chi connectivity index (χ2n) is 6.57. The predicted molar refractivity (Wildman–Crippen MR) is 84.8 cm³/mol. The highest BCUT2D eigenvalue weighted by Gasteiger charge is 2.31. The first kappa shape index (κ1) is 14.2. The molecule has 3 N–H and O–H groups in total. The number of nitrogen functional groups attached to an aromatic ring is 1. The lowest BCUT2D eigenvalue weighted by atomic mass is 9.75. The van der Waals surface area contributed by atoms with Crippen molar-refractivity contribution in [2.45, 2.75) is 39.0 Å². The fourth-order valence-electron chi connectivity index (χ4n) is 3.97. The van der Waals surface area contributed by atoms with E-state index in [1.807, 2.05) is 13.0 Å². The van der Waals surface area contributed by atoms with Crippen molar-refractivity contribution >= 4 is 17.3 Å². The van der Waals surface area contributed by atoms with Gasteiger partial charge in [0, 0.05) is 24.5 Å². The van der Waals surface area contributed by atoms with E-state index in [9.17, 15) is 9.90 Å². The molecule has 21 heavy (non-hydrogen) atoms. The van der Waals surface area contributed by atoms with E-state index in [-0.39, 0.29) is 5.56 Å². The number of anilines is 2. The van der Waals surface area contributed by atoms with Gasteiger partial charge in [-0.15, -0.1) is 0 Å². The van der Waals surface area contributed by atoms with E-state index in [1.54, 1.807) is 6.07 Å². The van der Waals surface area contributed by atoms with Crippen LogP contribution in [0.15, 0.2) is 12.1 Å². The Balaban J connectivity index is 1.85. The molecule has 3 rings (SSSR count). The average Bonchev–Trinajstić information content (AvgIpc) is 2.49. The molecule has 4 nitrogen and oxygen atoms in total. The fourth-order valence-corrected chi connectivity index (χ4v) is 3.97. The van der Waals surface area contributed by atoms with Gasteiger partial charge in [-0.1, -0.05) is 19.3 Å². The molecule has 1 aliphatic heterocycles. The van der Waals surface area contributed by atoms with Gasteiger partial charge < -0.3 is 15.7 Å². The quantitative estimate of drug-likeness (QED) is 0.819. The second-order valence-corrected chi connectivity index (χ2v) is 6.57. The third-order valence-corrected chi connectivity index (χ3v) is 5.26. The Morgan fingerprint density at radius 1 is 1.24 bits per heavy atom. The molecule has 1 aromatic rings. The van der Waals surface area contributed by atoms with Crippen LogP contribution in [0.4, 0.5) is 11.4 Å². The van der Waals surface area contributed by atoms with Gasteiger partial charge in [0.05, 0.1) is 5.56 Å². The van der Waals surface area contributed by atoms with Gasteiger partial charge in [-0.05, 0) is 49.3 Å². The van der Waals surface area contributed by atoms with Crippen LogP contribution in [0.2, 0.25) is 0 Å². The number of benzene rings is 1. The van der Waals surface area contributed by atoms with E-state index in [2.05, 4.69) is 4.90 Å². The molecule has 4 heteroatoms. The predicted octanol–water partition coefficient (Wildman–Crippen LogP) is 3.29. The number of carboxylic acids is 1. The summed E-state index contributed by atoms with van der Waals surface area (Å²) in [6.07, 6.45) is 6.65. The van der Waals surface area contributed by atoms with Gasteiger partial charge in [-0.2, -0.15) is 0 Å². The zero-order valence-electron chi connectivity index (χ0n) is 12.6. The number of carboxylic acid groups (broad SMARTS) is 1. The minimum atomic E-state index is -0.940. The van der Waals surface area contributed by atoms with Crippen molar-refractivity contribution in [3.05, 3.63) is 23.3 Å². The van der Waals surface area contributed by atoms with Crippen molar-refractivity contribution in [2.75, 3.05) is 23.7 Å². The van der Waals surface area contributed by atoms with Crippen LogP contribution in [0.3, 0.4) is 0 Å². The summed E-state index contributed by atoms with van der Waals surface area (Å²) in [6, 6.07) is 3.78. The Kier molecular flexibility index (Phi) is 3.79. The molecule has 1 saturated carbocycles. The van der Waals surface area contributed by atoms with Gasteiger partial charge in [0.25, 0.3) is 0 Å². The van der Waals surface area contributed by atoms with Crippen molar-refractivity contribution in [3.63, 3.8) is 0 Å². The molecule has 0 aromatic heterocycles. The third kappa shape index (κ3) is 2.71. The number of nitrogens with two attached hydrogens (primary N) is 1. The minimum absolute atomic E-state index is 0.232. The zero-order valence-corrected chi connectivity index (χ0v) is 12.6. The molecule has 1 heterocycles. The Hall–Kier alpha value is -1.71. The summed E-state index contributed by atoms with van der Waals surface area (Å²) >= 11 is 0. The maximum atomic E-state index is 11.3. The van der Waals surface area contributed by atoms with Crippen LogP contribution in [0.25, 0.3) is 0 Å². The van der Waals surface area contributed by atoms with Crippen molar-refractivity contribution in [1.82, 2.24) is 0 Å². The highest BCUT2D eigenvalue weighted by Crippen LogP contribution is 2.38. The largest absolute Gasteiger partial charge is 0.478 e. The number of aromatic carboxylic acids is 1. The van der Waals surface area contributed by atoms with Crippen molar-refractivity contribution in [1.29, 1.82) is 0 Å². The number of hydrogen-bond acceptors (Lipinski definition) is 3. The van der Waals surface area contributed by atoms with E-state index < -0.39 is 5.97 Å². The molecule has 1 aliphatic carbocycles. The number of fused-ring (bicyclic) bond motifs is 1. The van der Waals surface area contributed by atoms with Gasteiger partial charge >= 0.3 is 5.97 Å². The summed E-state index contributed by atoms with van der Waals surface area (Å²) in [4.78, 5) is 13.7. The van der Waals surface area contributed by atoms with E-state index in [0.717, 1.165) is 36.2 Å². The van der Waals surface area contributed by atoms with E-state index in [1.165, 1.54) is 32.1 Å². The Morgan fingerprint density at radius 3 is 2.67 bits per heavy atom. The van der Waals surface area contributed by atoms with Gasteiger partial charge in [0.1, 0.15) is 0 Å². The molecule has 1 aromatic carbocycles. The molecule has 0 bridgehead atoms. The van der Waals surface area contributed by atoms with Crippen LogP contribution in [-0.2, 0) is 0 Å². The molecule has 0 radical (unpaired) electrons. The van der Waals surface area contributed by atoms with Crippen LogP contribution >= 0.6 is 0 Å². The van der Waals surface area contributed by atoms with Gasteiger partial charge in [-0.3, -0.25) is 0 Å². The molecule has 2 atom stereocenters. The standard InChI is InChI=1S/C17H24N2O2/c1-11-8-14(9-15(16(11)18)17(20)21)19-7-6-12-4-2-3-5-13(12)10-19/h8-9,12-13H,2-7,10,18H2,1H3,(H,20,21). The number of aryl methyl sites for hydroxylation is 1. The van der Waals surface area contributed by atoms with Crippen molar-refractivity contribution in [2.24, 2.45) is 11.8 Å². The van der Waals surface area contributed by atoms with Crippen LogP contribution in [-0.4, -0.2) is 24.2 Å². The zero-order chi connectivity index (χ0) is 15.0. The number of carbonyl (C=O) groups is 1. The molecular formula is C17H24N2O2. The molecule has 0 spiro atoms. The average molecular weight is 288 g/mol. The summed E-state index contributed by atoms with van der Waals surface area (Å²) in [5.41, 5.74) is 8.38. The summed E-state index contributed by atoms with van der Waals surface area (Å²) in [6.45, 7) is 3.98. The maximum absolute atomic E-state index is 11.3. The number of rotatable bonds is 2. The monoisotopic (exact) mass is 288 g/mol. The number of nitrogens with zero attached hydrogens (tertiary/aromatic N) is 1. The normalized spacial score (nSPS) is 25.5. The molecule has 1 saturated heterocycles. The Bertz CT molecular complexity index is 556. The molecule has 0 amide bonds. The minimum Gasteiger partial charge on any atom is -0.478 e. The first-order valence-electron chi connectivity index (χ1n) is 7.94. The van der Waals surface area contributed by atoms with Gasteiger partial charge in [0.2, 0.25) is 0 Å². The van der Waals surface area contributed by atoms with E-state index >= 15 is 0 Å². The van der Waals surface area contributed by atoms with Crippen LogP contribution in [0, 0.1) is 18.8 Å². The molecular weight excluding hydrogens is 264 g/mol. The van der Waals surface area contributed by atoms with Gasteiger partial charge in [-0.25, -0.2) is 4.79 Å². The van der Waals surface area contributed by atoms with E-state index in [4.69, 9.17) is 5.73 Å². The lowest BCUT2D eigenvalue weighted by Gasteiger charge is -2.42. The maximum Gasteiger partial charge on any atom is 0.337 e. The topological polar surface area (TPSA) is 66.6 Å². The lowest BCUT2D eigenvalue weighted by molar-refractivity contribution is 0.0698. The summed E-state index contributed by atoms with van der Waals surface area (Å²) in [5, 5.41) is 9.30. The van der Waals surface area contributed by atoms with Crippen LogP contribution in [0.1, 0.15) is 48.0 Å². The SMILES string of the molecule is Cc1cc(N2CCC3CCCCC3C2)cc(C(=O)O)c1N. The lowest BCUT2D eigenvalue weighted by Crippen LogP contribution is -2.41.